The standard InChI is InChI=1S/C70H118NO8P/c1-6-8-10-12-14-16-18-20-22-24-26-28-30-32-34-35-37-38-40-42-44-46-48-50-52-54-56-58-60-62-69(72)76-66-68(67-78-80(74,75)77-65-64-71(3,4)5)79-70(73)63-61-59-57-55-53-51-49-47-45-43-41-39-36-33-31-29-27-25-23-21-19-17-15-13-11-9-7-2/h8-11,14-17,20-23,26-29,33,36,41,43,47,49,68H,6-7,12-13,18-19,24-25,30-32,34-35,37-40,42,44-46,48,50-67H2,1-5H3/b10-8-,11-9-,16-14-,17-15-,22-20-,23-21-,28-26-,29-27-,36-33-,43-41-,49-47-. The minimum Gasteiger partial charge on any atom is -0.756 e. The van der Waals surface area contributed by atoms with E-state index in [9.17, 15) is 19.0 Å². The Bertz CT molecular complexity index is 1810. The monoisotopic (exact) mass is 1130 g/mol. The lowest BCUT2D eigenvalue weighted by molar-refractivity contribution is -0.870. The number of esters is 2. The summed E-state index contributed by atoms with van der Waals surface area (Å²) in [5, 5.41) is 0. The average Bonchev–Trinajstić information content (AvgIpc) is 3.42. The van der Waals surface area contributed by atoms with Crippen molar-refractivity contribution in [2.75, 3.05) is 47.5 Å². The molecule has 456 valence electrons. The molecule has 0 heterocycles. The quantitative estimate of drug-likeness (QED) is 0.0195. The van der Waals surface area contributed by atoms with Crippen molar-refractivity contribution in [3.8, 4) is 0 Å². The average molecular weight is 1130 g/mol. The molecule has 0 saturated carbocycles. The Morgan fingerprint density at radius 1 is 0.388 bits per heavy atom. The first-order valence-corrected chi connectivity index (χ1v) is 33.4. The summed E-state index contributed by atoms with van der Waals surface area (Å²) in [5.41, 5.74) is 0. The van der Waals surface area contributed by atoms with Crippen molar-refractivity contribution in [2.24, 2.45) is 0 Å². The molecule has 0 rings (SSSR count). The summed E-state index contributed by atoms with van der Waals surface area (Å²) in [5.74, 6) is -0.860. The SMILES string of the molecule is CC/C=C\C/C=C\C/C=C\C/C=C\C/C=C\C/C=C\C/C=C\CCCCCCCC(=O)OC(COC(=O)CCCCCCCCCCCCCCCCCC/C=C\C/C=C\C/C=C\C/C=C\CC)COP(=O)([O-])OCC[N+](C)(C)C. The third-order valence-electron chi connectivity index (χ3n) is 13.2. The number of rotatable bonds is 57. The van der Waals surface area contributed by atoms with Crippen molar-refractivity contribution in [1.82, 2.24) is 0 Å². The number of hydrogen-bond acceptors (Lipinski definition) is 8. The zero-order valence-corrected chi connectivity index (χ0v) is 52.6. The second-order valence-corrected chi connectivity index (χ2v) is 23.4. The maximum absolute atomic E-state index is 12.8. The number of phosphoric acid groups is 1. The first kappa shape index (κ1) is 76.1. The lowest BCUT2D eigenvalue weighted by Gasteiger charge is -2.28. The van der Waals surface area contributed by atoms with E-state index in [-0.39, 0.29) is 26.1 Å². The molecule has 0 aromatic carbocycles. The minimum atomic E-state index is -4.65. The topological polar surface area (TPSA) is 111 Å². The van der Waals surface area contributed by atoms with Crippen molar-refractivity contribution in [2.45, 2.75) is 251 Å². The number of phosphoric ester groups is 1. The molecule has 0 aliphatic rings. The number of unbranched alkanes of at least 4 members (excludes halogenated alkanes) is 21. The van der Waals surface area contributed by atoms with E-state index >= 15 is 0 Å². The molecule has 80 heavy (non-hydrogen) atoms. The number of hydrogen-bond donors (Lipinski definition) is 0. The number of allylic oxidation sites excluding steroid dienone is 22. The van der Waals surface area contributed by atoms with Gasteiger partial charge in [-0.1, -0.05) is 257 Å². The molecule has 0 amide bonds. The van der Waals surface area contributed by atoms with Crippen LogP contribution in [0.1, 0.15) is 245 Å². The van der Waals surface area contributed by atoms with Gasteiger partial charge in [0, 0.05) is 12.8 Å². The van der Waals surface area contributed by atoms with E-state index < -0.39 is 32.5 Å². The fourth-order valence-electron chi connectivity index (χ4n) is 8.33. The van der Waals surface area contributed by atoms with Gasteiger partial charge in [-0.2, -0.15) is 0 Å². The van der Waals surface area contributed by atoms with E-state index in [0.29, 0.717) is 17.4 Å². The Morgan fingerprint density at radius 2 is 0.675 bits per heavy atom. The van der Waals surface area contributed by atoms with E-state index in [1.807, 2.05) is 21.1 Å². The molecule has 9 nitrogen and oxygen atoms in total. The van der Waals surface area contributed by atoms with Crippen LogP contribution in [0.15, 0.2) is 134 Å². The fourth-order valence-corrected chi connectivity index (χ4v) is 9.06. The molecule has 0 aromatic rings. The largest absolute Gasteiger partial charge is 0.756 e. The van der Waals surface area contributed by atoms with E-state index in [1.165, 1.54) is 89.9 Å². The van der Waals surface area contributed by atoms with Gasteiger partial charge in [-0.3, -0.25) is 14.2 Å². The highest BCUT2D eigenvalue weighted by molar-refractivity contribution is 7.45. The van der Waals surface area contributed by atoms with Gasteiger partial charge in [-0.15, -0.1) is 0 Å². The normalized spacial score (nSPS) is 14.1. The molecule has 10 heteroatoms. The van der Waals surface area contributed by atoms with Crippen LogP contribution in [0, 0.1) is 0 Å². The van der Waals surface area contributed by atoms with Crippen LogP contribution < -0.4 is 4.89 Å². The molecule has 0 N–H and O–H groups in total. The van der Waals surface area contributed by atoms with Crippen LogP contribution in [0.5, 0.6) is 0 Å². The van der Waals surface area contributed by atoms with Crippen LogP contribution in [-0.4, -0.2) is 70.0 Å². The molecule has 0 spiro atoms. The number of ether oxygens (including phenoxy) is 2. The van der Waals surface area contributed by atoms with Gasteiger partial charge in [-0.25, -0.2) is 0 Å². The third kappa shape index (κ3) is 63.3. The summed E-state index contributed by atoms with van der Waals surface area (Å²) >= 11 is 0. The molecule has 0 radical (unpaired) electrons. The molecule has 0 saturated heterocycles. The van der Waals surface area contributed by atoms with Crippen LogP contribution in [0.3, 0.4) is 0 Å². The molecule has 2 atom stereocenters. The third-order valence-corrected chi connectivity index (χ3v) is 14.1. The van der Waals surface area contributed by atoms with E-state index in [4.69, 9.17) is 18.5 Å². The summed E-state index contributed by atoms with van der Waals surface area (Å²) in [4.78, 5) is 38.0. The van der Waals surface area contributed by atoms with E-state index in [1.54, 1.807) is 0 Å². The number of carbonyl (C=O) groups excluding carboxylic acids is 2. The smallest absolute Gasteiger partial charge is 0.306 e. The maximum atomic E-state index is 12.8. The fraction of sp³-hybridized carbons (Fsp3) is 0.657. The summed E-state index contributed by atoms with van der Waals surface area (Å²) < 4.78 is 34.2. The zero-order valence-electron chi connectivity index (χ0n) is 51.7. The van der Waals surface area contributed by atoms with Crippen molar-refractivity contribution >= 4 is 19.8 Å². The summed E-state index contributed by atoms with van der Waals surface area (Å²) in [6.45, 7) is 3.99. The lowest BCUT2D eigenvalue weighted by atomic mass is 10.0. The van der Waals surface area contributed by atoms with Crippen LogP contribution in [0.4, 0.5) is 0 Å². The molecular formula is C70H118NO8P. The lowest BCUT2D eigenvalue weighted by Crippen LogP contribution is -2.37. The maximum Gasteiger partial charge on any atom is 0.306 e. The highest BCUT2D eigenvalue weighted by Gasteiger charge is 2.22. The van der Waals surface area contributed by atoms with Gasteiger partial charge in [0.25, 0.3) is 7.82 Å². The second-order valence-electron chi connectivity index (χ2n) is 22.0. The van der Waals surface area contributed by atoms with Crippen LogP contribution in [0.25, 0.3) is 0 Å². The number of quaternary nitrogens is 1. The van der Waals surface area contributed by atoms with Gasteiger partial charge < -0.3 is 27.9 Å². The predicted molar refractivity (Wildman–Crippen MR) is 341 cm³/mol. The molecule has 0 bridgehead atoms. The van der Waals surface area contributed by atoms with Crippen molar-refractivity contribution < 1.29 is 42.1 Å². The molecule has 2 unspecified atom stereocenters. The first-order chi connectivity index (χ1) is 39.0. The highest BCUT2D eigenvalue weighted by Crippen LogP contribution is 2.38. The Hall–Kier alpha value is -3.85. The van der Waals surface area contributed by atoms with Gasteiger partial charge in [0.15, 0.2) is 6.10 Å². The van der Waals surface area contributed by atoms with Crippen LogP contribution in [-0.2, 0) is 32.7 Å². The van der Waals surface area contributed by atoms with Gasteiger partial charge in [0.2, 0.25) is 0 Å². The van der Waals surface area contributed by atoms with Crippen molar-refractivity contribution in [3.63, 3.8) is 0 Å². The number of nitrogens with zero attached hydrogens (tertiary/aromatic N) is 1. The Balaban J connectivity index is 4.17. The molecule has 0 aliphatic carbocycles. The van der Waals surface area contributed by atoms with Crippen molar-refractivity contribution in [1.29, 1.82) is 0 Å². The molecule has 0 fully saturated rings. The van der Waals surface area contributed by atoms with E-state index in [2.05, 4.69) is 148 Å². The number of likely N-dealkylation sites (N-methyl/N-ethyl adjacent to an activating group) is 1. The second kappa shape index (κ2) is 59.8. The van der Waals surface area contributed by atoms with Crippen molar-refractivity contribution in [3.05, 3.63) is 134 Å². The summed E-state index contributed by atoms with van der Waals surface area (Å²) in [6.07, 6.45) is 86.5. The summed E-state index contributed by atoms with van der Waals surface area (Å²) in [6, 6.07) is 0. The summed E-state index contributed by atoms with van der Waals surface area (Å²) in [7, 11) is 1.14. The minimum absolute atomic E-state index is 0.0415. The highest BCUT2D eigenvalue weighted by atomic mass is 31.2. The molecule has 0 aromatic heterocycles. The van der Waals surface area contributed by atoms with Crippen LogP contribution >= 0.6 is 7.82 Å². The predicted octanol–water partition coefficient (Wildman–Crippen LogP) is 19.9. The van der Waals surface area contributed by atoms with Gasteiger partial charge in [0.1, 0.15) is 19.8 Å². The van der Waals surface area contributed by atoms with Crippen LogP contribution in [0.2, 0.25) is 0 Å². The Labute approximate surface area is 491 Å². The van der Waals surface area contributed by atoms with Gasteiger partial charge in [0.05, 0.1) is 27.7 Å². The molecular weight excluding hydrogens is 1010 g/mol. The molecule has 0 aliphatic heterocycles. The Kier molecular flexibility index (Phi) is 56.9. The first-order valence-electron chi connectivity index (χ1n) is 31.9. The Morgan fingerprint density at radius 3 is 1.00 bits per heavy atom. The van der Waals surface area contributed by atoms with Gasteiger partial charge >= 0.3 is 11.9 Å². The number of carbonyl (C=O) groups is 2. The van der Waals surface area contributed by atoms with Gasteiger partial charge in [-0.05, 0) is 109 Å². The van der Waals surface area contributed by atoms with E-state index in [0.717, 1.165) is 122 Å². The zero-order chi connectivity index (χ0) is 58.4.